The van der Waals surface area contributed by atoms with E-state index in [9.17, 15) is 14.4 Å². The SMILES string of the molecule is CN1C(=O)C(CCCN)NC(=O)C(CCCN)NCc2ccccc2Sc2ccccc2CNC(=O)C1Cc1c[nH]c2ccccc12. The molecule has 3 atom stereocenters. The number of nitrogens with two attached hydrogens (primary N) is 2. The van der Waals surface area contributed by atoms with Gasteiger partial charge in [0.15, 0.2) is 0 Å². The summed E-state index contributed by atoms with van der Waals surface area (Å²) in [4.78, 5) is 48.9. The second-order valence-corrected chi connectivity index (χ2v) is 13.0. The minimum atomic E-state index is -0.851. The molecular weight excluding hydrogens is 611 g/mol. The van der Waals surface area contributed by atoms with Gasteiger partial charge in [-0.25, -0.2) is 0 Å². The Hall–Kier alpha value is -4.16. The van der Waals surface area contributed by atoms with Crippen molar-refractivity contribution in [2.45, 2.75) is 73.1 Å². The first-order valence-electron chi connectivity index (χ1n) is 16.3. The summed E-state index contributed by atoms with van der Waals surface area (Å²) in [6, 6.07) is 21.7. The van der Waals surface area contributed by atoms with Gasteiger partial charge in [-0.05, 0) is 73.7 Å². The number of para-hydroxylation sites is 1. The monoisotopic (exact) mass is 655 g/mol. The summed E-state index contributed by atoms with van der Waals surface area (Å²) < 4.78 is 0. The first kappa shape index (κ1) is 34.2. The largest absolute Gasteiger partial charge is 0.361 e. The number of hydrogen-bond donors (Lipinski definition) is 6. The van der Waals surface area contributed by atoms with Crippen LogP contribution >= 0.6 is 11.8 Å². The van der Waals surface area contributed by atoms with Crippen molar-refractivity contribution in [1.29, 1.82) is 0 Å². The van der Waals surface area contributed by atoms with Crippen molar-refractivity contribution in [3.63, 3.8) is 0 Å². The third-order valence-corrected chi connectivity index (χ3v) is 9.92. The highest BCUT2D eigenvalue weighted by Crippen LogP contribution is 2.33. The van der Waals surface area contributed by atoms with Crippen LogP contribution in [0.3, 0.4) is 0 Å². The summed E-state index contributed by atoms with van der Waals surface area (Å²) in [7, 11) is 1.64. The van der Waals surface area contributed by atoms with E-state index in [0.717, 1.165) is 37.4 Å². The molecule has 0 radical (unpaired) electrons. The lowest BCUT2D eigenvalue weighted by Crippen LogP contribution is -2.57. The van der Waals surface area contributed by atoms with Gasteiger partial charge in [0.1, 0.15) is 12.1 Å². The Morgan fingerprint density at radius 3 is 2.11 bits per heavy atom. The number of likely N-dealkylation sites (N-methyl/N-ethyl adjacent to an activating group) is 1. The molecular formula is C36H45N7O3S. The van der Waals surface area contributed by atoms with Gasteiger partial charge in [0.2, 0.25) is 17.7 Å². The van der Waals surface area contributed by atoms with E-state index < -0.39 is 18.1 Å². The minimum absolute atomic E-state index is 0.276. The van der Waals surface area contributed by atoms with Crippen LogP contribution in [0.25, 0.3) is 10.9 Å². The average molecular weight is 656 g/mol. The van der Waals surface area contributed by atoms with Gasteiger partial charge in [-0.15, -0.1) is 0 Å². The standard InChI is InChI=1S/C36H45N7O3S/c1-43-31(20-26-23-39-28-13-5-4-12-27(26)28)35(45)41-22-25-11-3-7-17-33(25)47-32-16-6-2-10-24(32)21-40-29(14-8-18-37)34(44)42-30(36(43)46)15-9-19-38/h2-7,10-13,16-17,23,29-31,39-40H,8-9,14-15,18-22,37-38H2,1H3,(H,41,45)(H,42,44). The highest BCUT2D eigenvalue weighted by molar-refractivity contribution is 7.99. The van der Waals surface area contributed by atoms with Gasteiger partial charge in [-0.3, -0.25) is 14.4 Å². The van der Waals surface area contributed by atoms with E-state index in [1.54, 1.807) is 18.8 Å². The van der Waals surface area contributed by atoms with Crippen molar-refractivity contribution < 1.29 is 14.4 Å². The quantitative estimate of drug-likeness (QED) is 0.170. The summed E-state index contributed by atoms with van der Waals surface area (Å²) in [5.74, 6) is -0.892. The first-order chi connectivity index (χ1) is 22.9. The number of benzene rings is 3. The van der Waals surface area contributed by atoms with E-state index in [4.69, 9.17) is 11.5 Å². The van der Waals surface area contributed by atoms with Gasteiger partial charge in [0.25, 0.3) is 0 Å². The molecule has 8 N–H and O–H groups in total. The number of carbonyl (C=O) groups excluding carboxylic acids is 3. The zero-order chi connectivity index (χ0) is 33.2. The molecule has 2 heterocycles. The molecule has 0 fully saturated rings. The molecule has 0 saturated heterocycles. The third-order valence-electron chi connectivity index (χ3n) is 8.69. The molecule has 10 nitrogen and oxygen atoms in total. The fourth-order valence-electron chi connectivity index (χ4n) is 5.96. The average Bonchev–Trinajstić information content (AvgIpc) is 3.50. The van der Waals surface area contributed by atoms with Crippen LogP contribution in [-0.2, 0) is 33.9 Å². The fourth-order valence-corrected chi connectivity index (χ4v) is 7.04. The molecule has 0 aliphatic carbocycles. The van der Waals surface area contributed by atoms with Gasteiger partial charge in [0, 0.05) is 53.4 Å². The molecule has 3 aromatic carbocycles. The Morgan fingerprint density at radius 2 is 1.40 bits per heavy atom. The fraction of sp³-hybridized carbons (Fsp3) is 0.361. The summed E-state index contributed by atoms with van der Waals surface area (Å²) in [6.07, 6.45) is 4.22. The van der Waals surface area contributed by atoms with Crippen LogP contribution in [-0.4, -0.2) is 65.9 Å². The Balaban J connectivity index is 1.53. The second kappa shape index (κ2) is 16.6. The molecule has 47 heavy (non-hydrogen) atoms. The minimum Gasteiger partial charge on any atom is -0.361 e. The number of rotatable bonds is 8. The molecule has 4 aromatic rings. The van der Waals surface area contributed by atoms with Crippen LogP contribution in [0.1, 0.15) is 42.4 Å². The number of nitrogens with zero attached hydrogens (tertiary/aromatic N) is 1. The highest BCUT2D eigenvalue weighted by atomic mass is 32.2. The molecule has 0 bridgehead atoms. The molecule has 0 saturated carbocycles. The number of nitrogens with one attached hydrogen (secondary N) is 4. The maximum atomic E-state index is 14.2. The van der Waals surface area contributed by atoms with Crippen LogP contribution in [0.15, 0.2) is 88.8 Å². The maximum Gasteiger partial charge on any atom is 0.245 e. The van der Waals surface area contributed by atoms with Crippen LogP contribution in [0.2, 0.25) is 0 Å². The number of carbonyl (C=O) groups is 3. The van der Waals surface area contributed by atoms with Gasteiger partial charge in [-0.1, -0.05) is 66.4 Å². The van der Waals surface area contributed by atoms with E-state index in [1.165, 1.54) is 4.90 Å². The molecule has 248 valence electrons. The Morgan fingerprint density at radius 1 is 0.787 bits per heavy atom. The van der Waals surface area contributed by atoms with Gasteiger partial charge in [0.05, 0.1) is 6.04 Å². The Kier molecular flexibility index (Phi) is 12.1. The predicted octanol–water partition coefficient (Wildman–Crippen LogP) is 3.44. The van der Waals surface area contributed by atoms with Gasteiger partial charge >= 0.3 is 0 Å². The van der Waals surface area contributed by atoms with Crippen LogP contribution < -0.4 is 27.4 Å². The lowest BCUT2D eigenvalue weighted by Gasteiger charge is -2.32. The van der Waals surface area contributed by atoms with Crippen molar-refractivity contribution in [2.75, 3.05) is 20.1 Å². The van der Waals surface area contributed by atoms with Gasteiger partial charge < -0.3 is 37.3 Å². The molecule has 3 unspecified atom stereocenters. The number of amides is 3. The third kappa shape index (κ3) is 8.61. The van der Waals surface area contributed by atoms with E-state index in [1.807, 2.05) is 72.9 Å². The normalized spacial score (nSPS) is 19.9. The Labute approximate surface area is 280 Å². The van der Waals surface area contributed by atoms with E-state index in [0.29, 0.717) is 58.3 Å². The van der Waals surface area contributed by atoms with E-state index in [-0.39, 0.29) is 17.7 Å². The summed E-state index contributed by atoms with van der Waals surface area (Å²) in [6.45, 7) is 1.56. The number of H-pyrrole nitrogens is 1. The van der Waals surface area contributed by atoms with E-state index in [2.05, 4.69) is 27.0 Å². The number of aromatic amines is 1. The smallest absolute Gasteiger partial charge is 0.245 e. The molecule has 11 heteroatoms. The van der Waals surface area contributed by atoms with Crippen LogP contribution in [0.5, 0.6) is 0 Å². The summed E-state index contributed by atoms with van der Waals surface area (Å²) in [5.41, 5.74) is 15.6. The molecule has 1 aliphatic heterocycles. The van der Waals surface area contributed by atoms with Crippen molar-refractivity contribution in [3.05, 3.63) is 95.7 Å². The second-order valence-electron chi connectivity index (χ2n) is 11.9. The molecule has 5 rings (SSSR count). The van der Waals surface area contributed by atoms with Crippen LogP contribution in [0, 0.1) is 0 Å². The Bertz CT molecular complexity index is 1680. The van der Waals surface area contributed by atoms with Crippen molar-refractivity contribution in [1.82, 2.24) is 25.8 Å². The molecule has 0 spiro atoms. The zero-order valence-corrected chi connectivity index (χ0v) is 27.7. The highest BCUT2D eigenvalue weighted by Gasteiger charge is 2.34. The number of fused-ring (bicyclic) bond motifs is 3. The molecule has 1 aliphatic rings. The number of aromatic nitrogens is 1. The topological polar surface area (TPSA) is 158 Å². The lowest BCUT2D eigenvalue weighted by molar-refractivity contribution is -0.142. The maximum absolute atomic E-state index is 14.2. The zero-order valence-electron chi connectivity index (χ0n) is 26.8. The van der Waals surface area contributed by atoms with Crippen molar-refractivity contribution in [3.8, 4) is 0 Å². The molecule has 3 amide bonds. The van der Waals surface area contributed by atoms with E-state index >= 15 is 0 Å². The summed E-state index contributed by atoms with van der Waals surface area (Å²) >= 11 is 1.63. The summed E-state index contributed by atoms with van der Waals surface area (Å²) in [5, 5.41) is 10.6. The first-order valence-corrected chi connectivity index (χ1v) is 17.1. The van der Waals surface area contributed by atoms with Crippen molar-refractivity contribution in [2.24, 2.45) is 11.5 Å². The lowest BCUT2D eigenvalue weighted by atomic mass is 10.0. The van der Waals surface area contributed by atoms with Crippen LogP contribution in [0.4, 0.5) is 0 Å². The van der Waals surface area contributed by atoms with Gasteiger partial charge in [-0.2, -0.15) is 0 Å². The number of hydrogen-bond acceptors (Lipinski definition) is 7. The van der Waals surface area contributed by atoms with Crippen molar-refractivity contribution >= 4 is 40.4 Å². The predicted molar refractivity (Wildman–Crippen MR) is 187 cm³/mol. The molecule has 1 aromatic heterocycles.